The van der Waals surface area contributed by atoms with Crippen molar-refractivity contribution in [1.29, 1.82) is 0 Å². The molecule has 0 spiro atoms. The molecular formula is C15H30. The van der Waals surface area contributed by atoms with Crippen molar-refractivity contribution in [3.8, 4) is 0 Å². The molecule has 0 heterocycles. The summed E-state index contributed by atoms with van der Waals surface area (Å²) in [5.41, 5.74) is 0.666. The molecule has 0 saturated heterocycles. The van der Waals surface area contributed by atoms with E-state index in [1.807, 2.05) is 0 Å². The Bertz CT molecular complexity index is 136. The van der Waals surface area contributed by atoms with Gasteiger partial charge in [0.25, 0.3) is 0 Å². The second kappa shape index (κ2) is 7.30. The quantitative estimate of drug-likeness (QED) is 0.520. The van der Waals surface area contributed by atoms with Crippen molar-refractivity contribution in [2.45, 2.75) is 90.9 Å². The summed E-state index contributed by atoms with van der Waals surface area (Å²) in [5.74, 6) is 0. The molecule has 0 amide bonds. The zero-order valence-electron chi connectivity index (χ0n) is 11.0. The number of hydrogen-bond acceptors (Lipinski definition) is 0. The van der Waals surface area contributed by atoms with Gasteiger partial charge in [-0.25, -0.2) is 0 Å². The molecular weight excluding hydrogens is 180 g/mol. The van der Waals surface area contributed by atoms with Gasteiger partial charge in [0.1, 0.15) is 0 Å². The molecule has 0 aromatic carbocycles. The average molecular weight is 210 g/mol. The van der Waals surface area contributed by atoms with Crippen LogP contribution in [0.4, 0.5) is 0 Å². The Hall–Kier alpha value is 0. The first-order chi connectivity index (χ1) is 7.27. The Morgan fingerprint density at radius 3 is 1.33 bits per heavy atom. The zero-order chi connectivity index (χ0) is 11.0. The van der Waals surface area contributed by atoms with E-state index in [2.05, 4.69) is 13.8 Å². The van der Waals surface area contributed by atoms with Crippen LogP contribution in [0.5, 0.6) is 0 Å². The van der Waals surface area contributed by atoms with Crippen molar-refractivity contribution in [2.24, 2.45) is 5.41 Å². The molecule has 1 saturated carbocycles. The van der Waals surface area contributed by atoms with Crippen molar-refractivity contribution in [3.05, 3.63) is 0 Å². The predicted molar refractivity (Wildman–Crippen MR) is 69.2 cm³/mol. The highest BCUT2D eigenvalue weighted by Crippen LogP contribution is 2.34. The lowest BCUT2D eigenvalue weighted by Gasteiger charge is -2.28. The molecule has 0 unspecified atom stereocenters. The number of hydrogen-bond donors (Lipinski definition) is 0. The van der Waals surface area contributed by atoms with Crippen LogP contribution in [-0.2, 0) is 0 Å². The molecule has 1 aliphatic carbocycles. The second-order valence-electron chi connectivity index (χ2n) is 5.85. The van der Waals surface area contributed by atoms with Crippen LogP contribution >= 0.6 is 0 Å². The molecule has 1 fully saturated rings. The van der Waals surface area contributed by atoms with Crippen molar-refractivity contribution in [2.75, 3.05) is 0 Å². The summed E-state index contributed by atoms with van der Waals surface area (Å²) in [6.07, 6.45) is 17.7. The second-order valence-corrected chi connectivity index (χ2v) is 5.85. The van der Waals surface area contributed by atoms with Crippen LogP contribution in [0.3, 0.4) is 0 Å². The maximum absolute atomic E-state index is 2.51. The highest BCUT2D eigenvalue weighted by molar-refractivity contribution is 4.73. The Kier molecular flexibility index (Phi) is 6.36. The van der Waals surface area contributed by atoms with E-state index in [-0.39, 0.29) is 0 Å². The van der Waals surface area contributed by atoms with Gasteiger partial charge in [-0.3, -0.25) is 0 Å². The fraction of sp³-hybridized carbons (Fsp3) is 1.00. The van der Waals surface area contributed by atoms with Crippen LogP contribution in [0.1, 0.15) is 90.9 Å². The molecule has 0 aliphatic heterocycles. The first kappa shape index (κ1) is 13.1. The third-order valence-electron chi connectivity index (χ3n) is 4.41. The van der Waals surface area contributed by atoms with Crippen LogP contribution in [0, 0.1) is 5.41 Å². The molecule has 0 heteroatoms. The van der Waals surface area contributed by atoms with Crippen molar-refractivity contribution in [1.82, 2.24) is 0 Å². The van der Waals surface area contributed by atoms with E-state index in [1.54, 1.807) is 0 Å². The largest absolute Gasteiger partial charge is 0.0649 e. The first-order valence-corrected chi connectivity index (χ1v) is 7.27. The molecule has 90 valence electrons. The first-order valence-electron chi connectivity index (χ1n) is 7.27. The van der Waals surface area contributed by atoms with Gasteiger partial charge < -0.3 is 0 Å². The molecule has 0 aromatic rings. The van der Waals surface area contributed by atoms with Gasteiger partial charge in [-0.2, -0.15) is 0 Å². The van der Waals surface area contributed by atoms with Gasteiger partial charge in [0.2, 0.25) is 0 Å². The number of rotatable bonds is 1. The predicted octanol–water partition coefficient (Wildman–Crippen LogP) is 5.71. The van der Waals surface area contributed by atoms with Crippen LogP contribution in [-0.4, -0.2) is 0 Å². The fourth-order valence-corrected chi connectivity index (χ4v) is 2.82. The lowest BCUT2D eigenvalue weighted by Crippen LogP contribution is -2.15. The van der Waals surface area contributed by atoms with Gasteiger partial charge in [0.05, 0.1) is 0 Å². The topological polar surface area (TPSA) is 0 Å². The fourth-order valence-electron chi connectivity index (χ4n) is 2.82. The zero-order valence-corrected chi connectivity index (χ0v) is 11.0. The van der Waals surface area contributed by atoms with E-state index in [1.165, 1.54) is 77.0 Å². The van der Waals surface area contributed by atoms with Crippen LogP contribution < -0.4 is 0 Å². The lowest BCUT2D eigenvalue weighted by atomic mass is 9.77. The van der Waals surface area contributed by atoms with E-state index in [4.69, 9.17) is 0 Å². The van der Waals surface area contributed by atoms with Crippen molar-refractivity contribution in [3.63, 3.8) is 0 Å². The van der Waals surface area contributed by atoms with Gasteiger partial charge in [-0.15, -0.1) is 0 Å². The summed E-state index contributed by atoms with van der Waals surface area (Å²) in [4.78, 5) is 0. The minimum atomic E-state index is 0.666. The molecule has 0 radical (unpaired) electrons. The molecule has 0 atom stereocenters. The van der Waals surface area contributed by atoms with Gasteiger partial charge >= 0.3 is 0 Å². The third-order valence-corrected chi connectivity index (χ3v) is 4.41. The van der Waals surface area contributed by atoms with E-state index in [0.29, 0.717) is 5.41 Å². The van der Waals surface area contributed by atoms with Gasteiger partial charge in [0, 0.05) is 0 Å². The summed E-state index contributed by atoms with van der Waals surface area (Å²) < 4.78 is 0. The minimum Gasteiger partial charge on any atom is -0.0649 e. The van der Waals surface area contributed by atoms with Gasteiger partial charge in [-0.05, 0) is 18.3 Å². The summed E-state index contributed by atoms with van der Waals surface area (Å²) in [6.45, 7) is 4.89. The summed E-state index contributed by atoms with van der Waals surface area (Å²) in [6, 6.07) is 0. The van der Waals surface area contributed by atoms with Crippen molar-refractivity contribution < 1.29 is 0 Å². The smallest absolute Gasteiger partial charge is 0.0328 e. The lowest BCUT2D eigenvalue weighted by molar-refractivity contribution is 0.239. The Morgan fingerprint density at radius 1 is 0.667 bits per heavy atom. The van der Waals surface area contributed by atoms with Crippen LogP contribution in [0.25, 0.3) is 0 Å². The van der Waals surface area contributed by atoms with E-state index < -0.39 is 0 Å². The maximum Gasteiger partial charge on any atom is -0.0328 e. The van der Waals surface area contributed by atoms with Crippen LogP contribution in [0.15, 0.2) is 0 Å². The molecule has 15 heavy (non-hydrogen) atoms. The summed E-state index contributed by atoms with van der Waals surface area (Å²) >= 11 is 0. The van der Waals surface area contributed by atoms with Gasteiger partial charge in [-0.1, -0.05) is 78.1 Å². The standard InChI is InChI=1S/C15H30/c1-3-15(2)13-11-9-7-5-4-6-8-10-12-14-15/h3-14H2,1-2H3. The highest BCUT2D eigenvalue weighted by Gasteiger charge is 2.20. The average Bonchev–Trinajstić information content (AvgIpc) is 2.23. The Morgan fingerprint density at radius 2 is 1.00 bits per heavy atom. The van der Waals surface area contributed by atoms with E-state index >= 15 is 0 Å². The summed E-state index contributed by atoms with van der Waals surface area (Å²) in [7, 11) is 0. The minimum absolute atomic E-state index is 0.666. The molecule has 0 N–H and O–H groups in total. The molecule has 1 aliphatic rings. The monoisotopic (exact) mass is 210 g/mol. The van der Waals surface area contributed by atoms with Gasteiger partial charge in [0.15, 0.2) is 0 Å². The van der Waals surface area contributed by atoms with Crippen molar-refractivity contribution >= 4 is 0 Å². The highest BCUT2D eigenvalue weighted by atomic mass is 14.3. The molecule has 0 aromatic heterocycles. The normalized spacial score (nSPS) is 25.2. The maximum atomic E-state index is 2.51. The van der Waals surface area contributed by atoms with E-state index in [9.17, 15) is 0 Å². The SMILES string of the molecule is CCC1(C)CCCCCCCCCCC1. The Balaban J connectivity index is 2.32. The molecule has 1 rings (SSSR count). The molecule has 0 nitrogen and oxygen atoms in total. The summed E-state index contributed by atoms with van der Waals surface area (Å²) in [5, 5.41) is 0. The molecule has 0 bridgehead atoms. The third kappa shape index (κ3) is 5.58. The van der Waals surface area contributed by atoms with E-state index in [0.717, 1.165) is 0 Å². The van der Waals surface area contributed by atoms with Crippen LogP contribution in [0.2, 0.25) is 0 Å². The Labute approximate surface area is 96.8 Å².